The molecule has 2 aromatic rings. The lowest BCUT2D eigenvalue weighted by Gasteiger charge is -2.19. The van der Waals surface area contributed by atoms with E-state index < -0.39 is 16.1 Å². The van der Waals surface area contributed by atoms with Crippen LogP contribution in [0, 0.1) is 0 Å². The fraction of sp³-hybridized carbons (Fsp3) is 0.409. The number of aryl methyl sites for hydroxylation is 1. The fourth-order valence-corrected chi connectivity index (χ4v) is 3.43. The number of carbonyl (C=O) groups excluding carboxylic acids is 1. The van der Waals surface area contributed by atoms with Crippen LogP contribution in [0.3, 0.4) is 0 Å². The summed E-state index contributed by atoms with van der Waals surface area (Å²) in [6.45, 7) is 2.42. The highest BCUT2D eigenvalue weighted by Crippen LogP contribution is 2.22. The van der Waals surface area contributed by atoms with Crippen LogP contribution < -0.4 is 19.1 Å². The molecule has 1 atom stereocenters. The third-order valence-electron chi connectivity index (χ3n) is 4.75. The zero-order chi connectivity index (χ0) is 22.1. The Hall–Kier alpha value is -2.74. The second-order valence-corrected chi connectivity index (χ2v) is 8.96. The van der Waals surface area contributed by atoms with Crippen LogP contribution in [0.25, 0.3) is 0 Å². The minimum Gasteiger partial charge on any atom is -0.496 e. The molecule has 0 heterocycles. The number of nitrogens with zero attached hydrogens (tertiary/aromatic N) is 1. The van der Waals surface area contributed by atoms with Crippen LogP contribution in [0.2, 0.25) is 0 Å². The second kappa shape index (κ2) is 10.9. The Balaban J connectivity index is 1.86. The van der Waals surface area contributed by atoms with Gasteiger partial charge in [0.2, 0.25) is 10.0 Å². The van der Waals surface area contributed by atoms with Gasteiger partial charge in [0, 0.05) is 13.6 Å². The quantitative estimate of drug-likeness (QED) is 0.550. The number of sulfonamides is 1. The van der Waals surface area contributed by atoms with Crippen molar-refractivity contribution in [3.63, 3.8) is 0 Å². The minimum atomic E-state index is -3.33. The first-order chi connectivity index (χ1) is 14.3. The van der Waals surface area contributed by atoms with Crippen LogP contribution in [-0.4, -0.2) is 47.4 Å². The maximum Gasteiger partial charge on any atom is 0.261 e. The third kappa shape index (κ3) is 6.66. The number of ether oxygens (including phenoxy) is 2. The van der Waals surface area contributed by atoms with Crippen LogP contribution in [0.1, 0.15) is 25.3 Å². The largest absolute Gasteiger partial charge is 0.496 e. The lowest BCUT2D eigenvalue weighted by Crippen LogP contribution is -2.38. The summed E-state index contributed by atoms with van der Waals surface area (Å²) in [6.07, 6.45) is 2.63. The Labute approximate surface area is 179 Å². The topological polar surface area (TPSA) is 84.9 Å². The number of anilines is 1. The zero-order valence-electron chi connectivity index (χ0n) is 17.9. The molecule has 0 aliphatic rings. The summed E-state index contributed by atoms with van der Waals surface area (Å²) in [6, 6.07) is 14.5. The van der Waals surface area contributed by atoms with Gasteiger partial charge in [0.1, 0.15) is 11.5 Å². The van der Waals surface area contributed by atoms with Gasteiger partial charge < -0.3 is 14.8 Å². The maximum atomic E-state index is 12.5. The molecule has 1 unspecified atom stereocenters. The molecule has 0 radical (unpaired) electrons. The van der Waals surface area contributed by atoms with Crippen LogP contribution in [-0.2, 0) is 21.2 Å². The predicted molar refractivity (Wildman–Crippen MR) is 119 cm³/mol. The van der Waals surface area contributed by atoms with Crippen molar-refractivity contribution in [3.05, 3.63) is 54.1 Å². The Kier molecular flexibility index (Phi) is 8.53. The smallest absolute Gasteiger partial charge is 0.261 e. The number of benzene rings is 2. The summed E-state index contributed by atoms with van der Waals surface area (Å²) in [5.41, 5.74) is 1.63. The van der Waals surface area contributed by atoms with Crippen molar-refractivity contribution in [2.24, 2.45) is 0 Å². The molecular formula is C22H30N2O5S. The standard InChI is InChI=1S/C22H30N2O5S/c1-5-20(29-19-14-12-18(13-15-19)24(2)30(4,26)27)22(25)23-16-8-10-17-9-6-7-11-21(17)28-3/h6-7,9,11-15,20H,5,8,10,16H2,1-4H3,(H,23,25). The molecule has 30 heavy (non-hydrogen) atoms. The molecule has 2 aromatic carbocycles. The van der Waals surface area contributed by atoms with E-state index in [1.165, 1.54) is 11.4 Å². The first-order valence-corrected chi connectivity index (χ1v) is 11.7. The molecule has 0 spiro atoms. The maximum absolute atomic E-state index is 12.5. The highest BCUT2D eigenvalue weighted by Gasteiger charge is 2.18. The van der Waals surface area contributed by atoms with Crippen molar-refractivity contribution >= 4 is 21.6 Å². The Bertz CT molecular complexity index is 929. The highest BCUT2D eigenvalue weighted by molar-refractivity contribution is 7.92. The van der Waals surface area contributed by atoms with Gasteiger partial charge in [-0.2, -0.15) is 0 Å². The molecule has 1 amide bonds. The molecule has 0 saturated carbocycles. The van der Waals surface area contributed by atoms with E-state index in [2.05, 4.69) is 5.32 Å². The summed E-state index contributed by atoms with van der Waals surface area (Å²) in [4.78, 5) is 12.5. The van der Waals surface area contributed by atoms with E-state index in [4.69, 9.17) is 9.47 Å². The van der Waals surface area contributed by atoms with Gasteiger partial charge in [-0.05, 0) is 55.2 Å². The summed E-state index contributed by atoms with van der Waals surface area (Å²) >= 11 is 0. The first-order valence-electron chi connectivity index (χ1n) is 9.86. The molecule has 7 nitrogen and oxygen atoms in total. The monoisotopic (exact) mass is 434 g/mol. The lowest BCUT2D eigenvalue weighted by atomic mass is 10.1. The molecule has 0 aromatic heterocycles. The molecular weight excluding hydrogens is 404 g/mol. The van der Waals surface area contributed by atoms with E-state index in [-0.39, 0.29) is 5.91 Å². The number of hydrogen-bond acceptors (Lipinski definition) is 5. The van der Waals surface area contributed by atoms with Gasteiger partial charge in [-0.15, -0.1) is 0 Å². The van der Waals surface area contributed by atoms with Crippen molar-refractivity contribution in [3.8, 4) is 11.5 Å². The van der Waals surface area contributed by atoms with Crippen LogP contribution in [0.15, 0.2) is 48.5 Å². The summed E-state index contributed by atoms with van der Waals surface area (Å²) < 4.78 is 35.6. The van der Waals surface area contributed by atoms with E-state index in [9.17, 15) is 13.2 Å². The highest BCUT2D eigenvalue weighted by atomic mass is 32.2. The number of methoxy groups -OCH3 is 1. The number of nitrogens with one attached hydrogen (secondary N) is 1. The Morgan fingerprint density at radius 1 is 1.13 bits per heavy atom. The molecule has 0 saturated heterocycles. The van der Waals surface area contributed by atoms with Crippen molar-refractivity contribution < 1.29 is 22.7 Å². The number of rotatable bonds is 11. The van der Waals surface area contributed by atoms with Crippen molar-refractivity contribution in [2.45, 2.75) is 32.3 Å². The average Bonchev–Trinajstić information content (AvgIpc) is 2.74. The van der Waals surface area contributed by atoms with Gasteiger partial charge in [-0.25, -0.2) is 8.42 Å². The number of para-hydroxylation sites is 1. The van der Waals surface area contributed by atoms with Gasteiger partial charge in [0.05, 0.1) is 19.1 Å². The normalized spacial score (nSPS) is 12.1. The number of hydrogen-bond donors (Lipinski definition) is 1. The molecule has 0 fully saturated rings. The van der Waals surface area contributed by atoms with Crippen molar-refractivity contribution in [1.29, 1.82) is 0 Å². The molecule has 0 aliphatic heterocycles. The molecule has 2 rings (SSSR count). The molecule has 1 N–H and O–H groups in total. The minimum absolute atomic E-state index is 0.171. The van der Waals surface area contributed by atoms with Crippen LogP contribution >= 0.6 is 0 Å². The van der Waals surface area contributed by atoms with E-state index in [0.717, 1.165) is 30.4 Å². The number of carbonyl (C=O) groups is 1. The fourth-order valence-electron chi connectivity index (χ4n) is 2.93. The van der Waals surface area contributed by atoms with E-state index >= 15 is 0 Å². The summed E-state index contributed by atoms with van der Waals surface area (Å²) in [7, 11) is -0.194. The van der Waals surface area contributed by atoms with Crippen molar-refractivity contribution in [1.82, 2.24) is 5.32 Å². The van der Waals surface area contributed by atoms with Gasteiger partial charge >= 0.3 is 0 Å². The second-order valence-electron chi connectivity index (χ2n) is 6.95. The third-order valence-corrected chi connectivity index (χ3v) is 5.96. The average molecular weight is 435 g/mol. The Morgan fingerprint density at radius 2 is 1.80 bits per heavy atom. The molecule has 164 valence electrons. The van der Waals surface area contributed by atoms with E-state index in [1.807, 2.05) is 31.2 Å². The lowest BCUT2D eigenvalue weighted by molar-refractivity contribution is -0.128. The van der Waals surface area contributed by atoms with Gasteiger partial charge in [-0.1, -0.05) is 25.1 Å². The first kappa shape index (κ1) is 23.5. The van der Waals surface area contributed by atoms with Gasteiger partial charge in [-0.3, -0.25) is 9.10 Å². The van der Waals surface area contributed by atoms with Crippen LogP contribution in [0.4, 0.5) is 5.69 Å². The Morgan fingerprint density at radius 3 is 2.40 bits per heavy atom. The molecule has 8 heteroatoms. The SMILES string of the molecule is CCC(Oc1ccc(N(C)S(C)(=O)=O)cc1)C(=O)NCCCc1ccccc1OC. The predicted octanol–water partition coefficient (Wildman–Crippen LogP) is 3.00. The van der Waals surface area contributed by atoms with E-state index in [0.29, 0.717) is 24.4 Å². The van der Waals surface area contributed by atoms with Gasteiger partial charge in [0.15, 0.2) is 6.10 Å². The van der Waals surface area contributed by atoms with Crippen LogP contribution in [0.5, 0.6) is 11.5 Å². The zero-order valence-corrected chi connectivity index (χ0v) is 18.7. The van der Waals surface area contributed by atoms with Gasteiger partial charge in [0.25, 0.3) is 5.91 Å². The van der Waals surface area contributed by atoms with E-state index in [1.54, 1.807) is 31.4 Å². The summed E-state index contributed by atoms with van der Waals surface area (Å²) in [5.74, 6) is 1.19. The number of amides is 1. The molecule has 0 aliphatic carbocycles. The molecule has 0 bridgehead atoms. The van der Waals surface area contributed by atoms with Crippen molar-refractivity contribution in [2.75, 3.05) is 31.3 Å². The summed E-state index contributed by atoms with van der Waals surface area (Å²) in [5, 5.41) is 2.92.